The van der Waals surface area contributed by atoms with Gasteiger partial charge in [0.25, 0.3) is 7.52 Å². The van der Waals surface area contributed by atoms with Crippen LogP contribution in [0, 0.1) is 0 Å². The van der Waals surface area contributed by atoms with Crippen LogP contribution in [-0.4, -0.2) is 24.6 Å². The first-order valence-corrected chi connectivity index (χ1v) is 4.85. The van der Waals surface area contributed by atoms with Gasteiger partial charge in [-0.15, -0.1) is 0 Å². The molecular weight excluding hydrogens is 141 g/mol. The Bertz CT molecular complexity index is 149. The molecule has 5 heteroatoms. The molecule has 2 atom stereocenters. The summed E-state index contributed by atoms with van der Waals surface area (Å²) in [5.74, 6) is 0. The Labute approximate surface area is 53.7 Å². The maximum atomic E-state index is 11.0. The lowest BCUT2D eigenvalue weighted by atomic mass is 10.4. The van der Waals surface area contributed by atoms with E-state index < -0.39 is 13.7 Å². The van der Waals surface area contributed by atoms with E-state index in [1.807, 2.05) is 0 Å². The lowest BCUT2D eigenvalue weighted by Crippen LogP contribution is -2.32. The van der Waals surface area contributed by atoms with Gasteiger partial charge in [-0.1, -0.05) is 0 Å². The van der Waals surface area contributed by atoms with Crippen LogP contribution in [0.3, 0.4) is 0 Å². The van der Waals surface area contributed by atoms with Crippen molar-refractivity contribution in [1.82, 2.24) is 5.09 Å². The molecule has 2 N–H and O–H groups in total. The van der Waals surface area contributed by atoms with Crippen molar-refractivity contribution in [1.29, 1.82) is 0 Å². The average Bonchev–Trinajstić information content (AvgIpc) is 1.60. The van der Waals surface area contributed by atoms with Crippen LogP contribution in [-0.2, 0) is 9.09 Å². The second kappa shape index (κ2) is 2.39. The second-order valence-corrected chi connectivity index (χ2v) is 4.32. The predicted molar refractivity (Wildman–Crippen MR) is 33.2 cm³/mol. The van der Waals surface area contributed by atoms with E-state index in [-0.39, 0.29) is 0 Å². The van der Waals surface area contributed by atoms with E-state index >= 15 is 0 Å². The molecule has 1 fully saturated rings. The van der Waals surface area contributed by atoms with Crippen molar-refractivity contribution >= 4 is 7.52 Å². The molecule has 9 heavy (non-hydrogen) atoms. The van der Waals surface area contributed by atoms with Gasteiger partial charge in [-0.2, -0.15) is 0 Å². The largest absolute Gasteiger partial charge is 0.378 e. The smallest absolute Gasteiger partial charge is 0.268 e. The number of aliphatic hydroxyl groups excluding tert-OH is 1. The molecule has 0 spiro atoms. The molecule has 0 bridgehead atoms. The van der Waals surface area contributed by atoms with E-state index in [9.17, 15) is 4.57 Å². The Balaban J connectivity index is 2.51. The van der Waals surface area contributed by atoms with Crippen LogP contribution in [0.1, 0.15) is 6.42 Å². The summed E-state index contributed by atoms with van der Waals surface area (Å²) in [6.45, 7) is 1.83. The molecule has 0 aromatic rings. The zero-order chi connectivity index (χ0) is 6.91. The van der Waals surface area contributed by atoms with Crippen LogP contribution in [0.2, 0.25) is 0 Å². The minimum Gasteiger partial charge on any atom is -0.378 e. The molecule has 1 aliphatic rings. The predicted octanol–water partition coefficient (Wildman–Crippen LogP) is 0.138. The van der Waals surface area contributed by atoms with Gasteiger partial charge >= 0.3 is 0 Å². The van der Waals surface area contributed by atoms with Crippen LogP contribution in [0.25, 0.3) is 0 Å². The molecule has 1 saturated heterocycles. The van der Waals surface area contributed by atoms with Crippen LogP contribution in [0.4, 0.5) is 0 Å². The number of aliphatic hydroxyl groups is 1. The zero-order valence-corrected chi connectivity index (χ0v) is 6.10. The van der Waals surface area contributed by atoms with Gasteiger partial charge in [0.2, 0.25) is 0 Å². The fourth-order valence-corrected chi connectivity index (χ4v) is 1.91. The summed E-state index contributed by atoms with van der Waals surface area (Å²) < 4.78 is 15.8. The first kappa shape index (κ1) is 7.22. The zero-order valence-electron chi connectivity index (χ0n) is 5.20. The first-order chi connectivity index (χ1) is 4.10. The standard InChI is InChI=1S/C4H10NO3P/c1-9(7)5-4(6)2-3-8-9/h4,6H,2-3H2,1H3,(H,5,7). The molecule has 4 nitrogen and oxygen atoms in total. The van der Waals surface area contributed by atoms with Crippen molar-refractivity contribution in [2.24, 2.45) is 0 Å². The van der Waals surface area contributed by atoms with Gasteiger partial charge in [0.15, 0.2) is 0 Å². The lowest BCUT2D eigenvalue weighted by molar-refractivity contribution is 0.101. The van der Waals surface area contributed by atoms with Gasteiger partial charge in [-0.25, -0.2) is 5.09 Å². The van der Waals surface area contributed by atoms with E-state index in [2.05, 4.69) is 5.09 Å². The second-order valence-electron chi connectivity index (χ2n) is 2.11. The number of hydrogen-bond acceptors (Lipinski definition) is 3. The van der Waals surface area contributed by atoms with E-state index in [4.69, 9.17) is 9.63 Å². The molecule has 1 heterocycles. The number of rotatable bonds is 0. The Hall–Kier alpha value is 0.110. The monoisotopic (exact) mass is 151 g/mol. The van der Waals surface area contributed by atoms with Gasteiger partial charge in [-0.3, -0.25) is 4.57 Å². The molecular formula is C4H10NO3P. The van der Waals surface area contributed by atoms with Crippen LogP contribution < -0.4 is 5.09 Å². The fourth-order valence-electron chi connectivity index (χ4n) is 0.711. The van der Waals surface area contributed by atoms with Gasteiger partial charge in [0.05, 0.1) is 6.61 Å². The molecule has 0 amide bonds. The molecule has 0 aromatic carbocycles. The molecule has 0 saturated carbocycles. The fraction of sp³-hybridized carbons (Fsp3) is 1.00. The minimum atomic E-state index is -2.64. The Morgan fingerprint density at radius 2 is 2.56 bits per heavy atom. The summed E-state index contributed by atoms with van der Waals surface area (Å²) in [5.41, 5.74) is 0. The van der Waals surface area contributed by atoms with Crippen molar-refractivity contribution < 1.29 is 14.2 Å². The van der Waals surface area contributed by atoms with E-state index in [0.29, 0.717) is 13.0 Å². The first-order valence-electron chi connectivity index (χ1n) is 2.78. The van der Waals surface area contributed by atoms with Crippen molar-refractivity contribution in [2.75, 3.05) is 13.3 Å². The lowest BCUT2D eigenvalue weighted by Gasteiger charge is -2.24. The van der Waals surface area contributed by atoms with Gasteiger partial charge in [0.1, 0.15) is 6.23 Å². The molecule has 54 valence electrons. The molecule has 1 rings (SSSR count). The number of nitrogens with one attached hydrogen (secondary N) is 1. The SMILES string of the molecule is CP1(=O)NC(O)CCO1. The van der Waals surface area contributed by atoms with Crippen molar-refractivity contribution in [3.63, 3.8) is 0 Å². The van der Waals surface area contributed by atoms with Gasteiger partial charge in [0, 0.05) is 13.1 Å². The quantitative estimate of drug-likeness (QED) is 0.483. The van der Waals surface area contributed by atoms with E-state index in [0.717, 1.165) is 0 Å². The van der Waals surface area contributed by atoms with E-state index in [1.165, 1.54) is 6.66 Å². The summed E-state index contributed by atoms with van der Waals surface area (Å²) in [6.07, 6.45) is -0.146. The summed E-state index contributed by atoms with van der Waals surface area (Å²) in [4.78, 5) is 0. The highest BCUT2D eigenvalue weighted by atomic mass is 31.2. The Morgan fingerprint density at radius 3 is 2.89 bits per heavy atom. The molecule has 0 aliphatic carbocycles. The third-order valence-electron chi connectivity index (χ3n) is 1.11. The summed E-state index contributed by atoms with van der Waals surface area (Å²) in [7, 11) is -2.64. The summed E-state index contributed by atoms with van der Waals surface area (Å²) >= 11 is 0. The Morgan fingerprint density at radius 1 is 1.89 bits per heavy atom. The normalized spacial score (nSPS) is 44.9. The molecule has 0 aromatic heterocycles. The maximum absolute atomic E-state index is 11.0. The van der Waals surface area contributed by atoms with Crippen LogP contribution in [0.15, 0.2) is 0 Å². The highest BCUT2D eigenvalue weighted by Gasteiger charge is 2.24. The Kier molecular flexibility index (Phi) is 1.91. The third-order valence-corrected chi connectivity index (χ3v) is 2.55. The average molecular weight is 151 g/mol. The molecule has 0 radical (unpaired) electrons. The molecule has 1 aliphatic heterocycles. The highest BCUT2D eigenvalue weighted by molar-refractivity contribution is 7.56. The number of hydrogen-bond donors (Lipinski definition) is 2. The minimum absolute atomic E-state index is 0.377. The van der Waals surface area contributed by atoms with E-state index in [1.54, 1.807) is 0 Å². The van der Waals surface area contributed by atoms with Crippen molar-refractivity contribution in [3.8, 4) is 0 Å². The van der Waals surface area contributed by atoms with Crippen molar-refractivity contribution in [3.05, 3.63) is 0 Å². The van der Waals surface area contributed by atoms with Gasteiger partial charge < -0.3 is 9.63 Å². The summed E-state index contributed by atoms with van der Waals surface area (Å²) in [5, 5.41) is 11.3. The molecule has 2 unspecified atom stereocenters. The van der Waals surface area contributed by atoms with Crippen molar-refractivity contribution in [2.45, 2.75) is 12.6 Å². The van der Waals surface area contributed by atoms with Crippen LogP contribution in [0.5, 0.6) is 0 Å². The topological polar surface area (TPSA) is 58.6 Å². The third kappa shape index (κ3) is 2.06. The highest BCUT2D eigenvalue weighted by Crippen LogP contribution is 2.40. The van der Waals surface area contributed by atoms with Gasteiger partial charge in [-0.05, 0) is 0 Å². The van der Waals surface area contributed by atoms with Crippen LogP contribution >= 0.6 is 7.52 Å². The summed E-state index contributed by atoms with van der Waals surface area (Å²) in [6, 6.07) is 0. The maximum Gasteiger partial charge on any atom is 0.268 e.